The highest BCUT2D eigenvalue weighted by molar-refractivity contribution is 6.03. The monoisotopic (exact) mass is 112 g/mol. The molecule has 0 bridgehead atoms. The first kappa shape index (κ1) is 6.07. The van der Waals surface area contributed by atoms with Crippen molar-refractivity contribution in [2.24, 2.45) is 0 Å². The molecule has 0 unspecified atom stereocenters. The third-order valence-electron chi connectivity index (χ3n) is 1.19. The van der Waals surface area contributed by atoms with Gasteiger partial charge in [0.1, 0.15) is 0 Å². The molecule has 44 valence electrons. The normalized spacial score (nSPS) is 23.5. The molecular formula is C4H9BN2O. The second-order valence-corrected chi connectivity index (χ2v) is 1.73. The molecule has 3 nitrogen and oxygen atoms in total. The Morgan fingerprint density at radius 3 is 2.38 bits per heavy atom. The molecule has 1 fully saturated rings. The van der Waals surface area contributed by atoms with Crippen LogP contribution in [0.2, 0.25) is 0 Å². The Morgan fingerprint density at radius 1 is 1.38 bits per heavy atom. The Hall–Kier alpha value is -0.0551. The summed E-state index contributed by atoms with van der Waals surface area (Å²) in [5.74, 6) is 0. The minimum Gasteiger partial charge on any atom is -0.379 e. The minimum atomic E-state index is 0.782. The van der Waals surface area contributed by atoms with Gasteiger partial charge >= 0.3 is 0 Å². The van der Waals surface area contributed by atoms with E-state index in [-0.39, 0.29) is 0 Å². The summed E-state index contributed by atoms with van der Waals surface area (Å²) >= 11 is 0. The van der Waals surface area contributed by atoms with Crippen LogP contribution in [0.15, 0.2) is 0 Å². The molecule has 0 aromatic rings. The number of nitrogens with one attached hydrogen (secondary N) is 1. The van der Waals surface area contributed by atoms with E-state index >= 15 is 0 Å². The molecule has 2 radical (unpaired) electrons. The van der Waals surface area contributed by atoms with Gasteiger partial charge in [-0.25, -0.2) is 0 Å². The van der Waals surface area contributed by atoms with E-state index in [0.717, 1.165) is 26.3 Å². The number of hydrogen-bond donors (Lipinski definition) is 1. The third-order valence-corrected chi connectivity index (χ3v) is 1.19. The fraction of sp³-hybridized carbons (Fsp3) is 1.00. The summed E-state index contributed by atoms with van der Waals surface area (Å²) in [5.41, 5.74) is 0. The standard InChI is InChI=1S/C4H9BN2O/c5-6-7-1-3-8-4-2-7/h6H,1-4H2. The quantitative estimate of drug-likeness (QED) is 0.436. The SMILES string of the molecule is [B]NN1CCOCC1. The van der Waals surface area contributed by atoms with Gasteiger partial charge in [0.05, 0.1) is 13.2 Å². The Bertz CT molecular complexity index is 65.1. The molecule has 1 saturated heterocycles. The molecule has 0 aromatic heterocycles. The van der Waals surface area contributed by atoms with Gasteiger partial charge in [0.2, 0.25) is 7.98 Å². The molecule has 1 aliphatic heterocycles. The van der Waals surface area contributed by atoms with E-state index in [0.29, 0.717) is 0 Å². The van der Waals surface area contributed by atoms with Crippen molar-refractivity contribution in [3.05, 3.63) is 0 Å². The minimum absolute atomic E-state index is 0.782. The van der Waals surface area contributed by atoms with E-state index < -0.39 is 0 Å². The van der Waals surface area contributed by atoms with Crippen molar-refractivity contribution in [2.45, 2.75) is 0 Å². The summed E-state index contributed by atoms with van der Waals surface area (Å²) in [4.78, 5) is 0. The molecule has 0 aromatic carbocycles. The molecule has 0 saturated carbocycles. The topological polar surface area (TPSA) is 24.5 Å². The fourth-order valence-electron chi connectivity index (χ4n) is 0.692. The first-order valence-corrected chi connectivity index (χ1v) is 2.72. The lowest BCUT2D eigenvalue weighted by molar-refractivity contribution is 0.0274. The molecule has 4 heteroatoms. The average molecular weight is 112 g/mol. The Kier molecular flexibility index (Phi) is 2.33. The Labute approximate surface area is 50.4 Å². The number of ether oxygens (including phenoxy) is 1. The summed E-state index contributed by atoms with van der Waals surface area (Å²) in [6.07, 6.45) is 0. The van der Waals surface area contributed by atoms with E-state index in [2.05, 4.69) is 5.34 Å². The molecular weight excluding hydrogens is 103 g/mol. The van der Waals surface area contributed by atoms with Gasteiger partial charge in [-0.05, 0) is 0 Å². The van der Waals surface area contributed by atoms with Crippen LogP contribution in [0.1, 0.15) is 0 Å². The molecule has 0 atom stereocenters. The van der Waals surface area contributed by atoms with Crippen LogP contribution in [-0.4, -0.2) is 39.3 Å². The van der Waals surface area contributed by atoms with Crippen molar-refractivity contribution >= 4 is 7.98 Å². The largest absolute Gasteiger partial charge is 0.379 e. The van der Waals surface area contributed by atoms with Gasteiger partial charge in [0.25, 0.3) is 0 Å². The van der Waals surface area contributed by atoms with Crippen LogP contribution in [0.25, 0.3) is 0 Å². The molecule has 1 heterocycles. The van der Waals surface area contributed by atoms with Gasteiger partial charge in [-0.1, -0.05) is 0 Å². The third kappa shape index (κ3) is 1.47. The van der Waals surface area contributed by atoms with E-state index in [9.17, 15) is 0 Å². The Morgan fingerprint density at radius 2 is 2.00 bits per heavy atom. The van der Waals surface area contributed by atoms with E-state index in [4.69, 9.17) is 12.7 Å². The van der Waals surface area contributed by atoms with Crippen LogP contribution in [-0.2, 0) is 4.74 Å². The van der Waals surface area contributed by atoms with Gasteiger partial charge in [-0.3, -0.25) is 5.01 Å². The highest BCUT2D eigenvalue weighted by Crippen LogP contribution is 1.89. The summed E-state index contributed by atoms with van der Waals surface area (Å²) in [7, 11) is 5.12. The average Bonchev–Trinajstić information content (AvgIpc) is 1.90. The van der Waals surface area contributed by atoms with Crippen molar-refractivity contribution < 1.29 is 4.74 Å². The van der Waals surface area contributed by atoms with E-state index in [1.807, 2.05) is 5.01 Å². The van der Waals surface area contributed by atoms with Crippen LogP contribution < -0.4 is 5.34 Å². The molecule has 1 aliphatic rings. The summed E-state index contributed by atoms with van der Waals surface area (Å²) < 4.78 is 5.06. The predicted octanol–water partition coefficient (Wildman–Crippen LogP) is -1.09. The van der Waals surface area contributed by atoms with Crippen molar-refractivity contribution in [1.82, 2.24) is 10.3 Å². The number of rotatable bonds is 1. The molecule has 1 N–H and O–H groups in total. The lowest BCUT2D eigenvalue weighted by atomic mass is 10.4. The summed E-state index contributed by atoms with van der Waals surface area (Å²) in [6, 6.07) is 0. The van der Waals surface area contributed by atoms with Crippen LogP contribution in [0.5, 0.6) is 0 Å². The van der Waals surface area contributed by atoms with Crippen LogP contribution in [0.4, 0.5) is 0 Å². The smallest absolute Gasteiger partial charge is 0.202 e. The Balaban J connectivity index is 2.13. The second kappa shape index (κ2) is 3.07. The van der Waals surface area contributed by atoms with E-state index in [1.165, 1.54) is 0 Å². The lowest BCUT2D eigenvalue weighted by Gasteiger charge is -2.25. The van der Waals surface area contributed by atoms with Crippen molar-refractivity contribution in [3.8, 4) is 0 Å². The zero-order valence-electron chi connectivity index (χ0n) is 4.76. The van der Waals surface area contributed by atoms with Crippen LogP contribution in [0.3, 0.4) is 0 Å². The van der Waals surface area contributed by atoms with Crippen molar-refractivity contribution in [3.63, 3.8) is 0 Å². The molecule has 0 spiro atoms. The van der Waals surface area contributed by atoms with Crippen molar-refractivity contribution in [2.75, 3.05) is 26.3 Å². The molecule has 0 aliphatic carbocycles. The molecule has 0 amide bonds. The first-order chi connectivity index (χ1) is 3.93. The van der Waals surface area contributed by atoms with Gasteiger partial charge in [0.15, 0.2) is 0 Å². The zero-order valence-corrected chi connectivity index (χ0v) is 4.76. The van der Waals surface area contributed by atoms with Gasteiger partial charge in [-0.15, -0.1) is 0 Å². The van der Waals surface area contributed by atoms with Crippen LogP contribution in [0, 0.1) is 0 Å². The van der Waals surface area contributed by atoms with Gasteiger partial charge < -0.3 is 10.1 Å². The fourth-order valence-corrected chi connectivity index (χ4v) is 0.692. The van der Waals surface area contributed by atoms with Gasteiger partial charge in [-0.2, -0.15) is 0 Å². The number of nitrogens with zero attached hydrogens (tertiary/aromatic N) is 1. The van der Waals surface area contributed by atoms with E-state index in [1.54, 1.807) is 0 Å². The first-order valence-electron chi connectivity index (χ1n) is 2.72. The second-order valence-electron chi connectivity index (χ2n) is 1.73. The summed E-state index contributed by atoms with van der Waals surface area (Å²) in [6.45, 7) is 3.33. The predicted molar refractivity (Wildman–Crippen MR) is 31.3 cm³/mol. The molecule has 8 heavy (non-hydrogen) atoms. The maximum absolute atomic E-state index is 5.12. The van der Waals surface area contributed by atoms with Gasteiger partial charge in [0, 0.05) is 13.1 Å². The van der Waals surface area contributed by atoms with Crippen LogP contribution >= 0.6 is 0 Å². The number of morpholine rings is 1. The summed E-state index contributed by atoms with van der Waals surface area (Å²) in [5, 5.41) is 4.48. The number of hydrazine groups is 1. The molecule has 1 rings (SSSR count). The lowest BCUT2D eigenvalue weighted by Crippen LogP contribution is -2.44. The highest BCUT2D eigenvalue weighted by Gasteiger charge is 2.05. The number of hydrogen-bond acceptors (Lipinski definition) is 3. The highest BCUT2D eigenvalue weighted by atomic mass is 16.5. The maximum atomic E-state index is 5.12. The maximum Gasteiger partial charge on any atom is 0.202 e. The van der Waals surface area contributed by atoms with Crippen molar-refractivity contribution in [1.29, 1.82) is 0 Å². The zero-order chi connectivity index (χ0) is 5.82.